The summed E-state index contributed by atoms with van der Waals surface area (Å²) in [6.45, 7) is 2.98. The van der Waals surface area contributed by atoms with Gasteiger partial charge >= 0.3 is 0 Å². The molecule has 2 N–H and O–H groups in total. The molecule has 90 valence electrons. The average Bonchev–Trinajstić information content (AvgIpc) is 2.33. The molecular formula is C13H22N2O. The zero-order chi connectivity index (χ0) is 11.6. The van der Waals surface area contributed by atoms with Gasteiger partial charge in [-0.1, -0.05) is 0 Å². The maximum atomic E-state index is 11.5. The Balaban J connectivity index is 1.99. The highest BCUT2D eigenvalue weighted by atomic mass is 16.1. The van der Waals surface area contributed by atoms with E-state index in [-0.39, 0.29) is 5.91 Å². The molecule has 3 heteroatoms. The molecular weight excluding hydrogens is 200 g/mol. The summed E-state index contributed by atoms with van der Waals surface area (Å²) in [5, 5.41) is 6.34. The number of hydrogen-bond acceptors (Lipinski definition) is 2. The summed E-state index contributed by atoms with van der Waals surface area (Å²) in [6, 6.07) is 0. The van der Waals surface area contributed by atoms with E-state index in [0.29, 0.717) is 12.3 Å². The summed E-state index contributed by atoms with van der Waals surface area (Å²) in [4.78, 5) is 11.5. The van der Waals surface area contributed by atoms with E-state index in [0.717, 1.165) is 38.9 Å². The number of rotatable bonds is 6. The molecule has 1 aliphatic heterocycles. The van der Waals surface area contributed by atoms with Crippen LogP contribution in [0.15, 0.2) is 0 Å². The minimum atomic E-state index is 0.169. The van der Waals surface area contributed by atoms with E-state index in [2.05, 4.69) is 16.6 Å². The van der Waals surface area contributed by atoms with Crippen molar-refractivity contribution in [2.24, 2.45) is 5.92 Å². The number of terminal acetylenes is 1. The third-order valence-electron chi connectivity index (χ3n) is 2.96. The summed E-state index contributed by atoms with van der Waals surface area (Å²) < 4.78 is 0. The van der Waals surface area contributed by atoms with Crippen LogP contribution in [0.2, 0.25) is 0 Å². The number of nitrogens with one attached hydrogen (secondary N) is 2. The fourth-order valence-corrected chi connectivity index (χ4v) is 1.96. The minimum absolute atomic E-state index is 0.169. The van der Waals surface area contributed by atoms with Crippen LogP contribution in [0.5, 0.6) is 0 Å². The molecule has 16 heavy (non-hydrogen) atoms. The van der Waals surface area contributed by atoms with Gasteiger partial charge in [0.1, 0.15) is 0 Å². The van der Waals surface area contributed by atoms with E-state index >= 15 is 0 Å². The lowest BCUT2D eigenvalue weighted by molar-refractivity contribution is -0.121. The Morgan fingerprint density at radius 3 is 3.06 bits per heavy atom. The highest BCUT2D eigenvalue weighted by Crippen LogP contribution is 2.08. The van der Waals surface area contributed by atoms with Gasteiger partial charge < -0.3 is 10.6 Å². The standard InChI is InChI=1S/C13H22N2O/c1-2-3-4-5-8-13(16)15-11-12-7-6-9-14-10-12/h1,12,14H,3-11H2,(H,15,16). The SMILES string of the molecule is C#CCCCCC(=O)NCC1CCCNC1. The van der Waals surface area contributed by atoms with E-state index in [9.17, 15) is 4.79 Å². The number of amides is 1. The lowest BCUT2D eigenvalue weighted by atomic mass is 10.00. The third-order valence-corrected chi connectivity index (χ3v) is 2.96. The largest absolute Gasteiger partial charge is 0.356 e. The normalized spacial score (nSPS) is 20.1. The Bertz CT molecular complexity index is 239. The quantitative estimate of drug-likeness (QED) is 0.525. The van der Waals surface area contributed by atoms with Gasteiger partial charge in [0.25, 0.3) is 0 Å². The Labute approximate surface area is 98.4 Å². The lowest BCUT2D eigenvalue weighted by Gasteiger charge is -2.22. The van der Waals surface area contributed by atoms with Crippen LogP contribution in [0.4, 0.5) is 0 Å². The summed E-state index contributed by atoms with van der Waals surface area (Å²) >= 11 is 0. The third kappa shape index (κ3) is 5.77. The van der Waals surface area contributed by atoms with Crippen molar-refractivity contribution in [2.45, 2.75) is 38.5 Å². The fourth-order valence-electron chi connectivity index (χ4n) is 1.96. The molecule has 1 amide bonds. The van der Waals surface area contributed by atoms with E-state index < -0.39 is 0 Å². The van der Waals surface area contributed by atoms with Crippen molar-refractivity contribution in [3.63, 3.8) is 0 Å². The monoisotopic (exact) mass is 222 g/mol. The molecule has 1 aliphatic rings. The van der Waals surface area contributed by atoms with Crippen LogP contribution >= 0.6 is 0 Å². The molecule has 1 atom stereocenters. The average molecular weight is 222 g/mol. The maximum absolute atomic E-state index is 11.5. The second-order valence-electron chi connectivity index (χ2n) is 4.43. The van der Waals surface area contributed by atoms with Gasteiger partial charge in [-0.3, -0.25) is 4.79 Å². The molecule has 0 aromatic carbocycles. The molecule has 1 unspecified atom stereocenters. The van der Waals surface area contributed by atoms with Gasteiger partial charge in [0.15, 0.2) is 0 Å². The molecule has 0 bridgehead atoms. The van der Waals surface area contributed by atoms with E-state index in [4.69, 9.17) is 6.42 Å². The fraction of sp³-hybridized carbons (Fsp3) is 0.769. The zero-order valence-corrected chi connectivity index (χ0v) is 9.93. The molecule has 0 saturated carbocycles. The van der Waals surface area contributed by atoms with Crippen molar-refractivity contribution in [1.82, 2.24) is 10.6 Å². The maximum Gasteiger partial charge on any atom is 0.220 e. The molecule has 0 spiro atoms. The van der Waals surface area contributed by atoms with Crippen molar-refractivity contribution >= 4 is 5.91 Å². The second kappa shape index (κ2) is 8.18. The van der Waals surface area contributed by atoms with Crippen LogP contribution in [-0.4, -0.2) is 25.5 Å². The van der Waals surface area contributed by atoms with Gasteiger partial charge in [0.05, 0.1) is 0 Å². The van der Waals surface area contributed by atoms with Crippen LogP contribution in [0, 0.1) is 18.3 Å². The van der Waals surface area contributed by atoms with Gasteiger partial charge in [-0.25, -0.2) is 0 Å². The lowest BCUT2D eigenvalue weighted by Crippen LogP contribution is -2.38. The first-order chi connectivity index (χ1) is 7.83. The number of hydrogen-bond donors (Lipinski definition) is 2. The topological polar surface area (TPSA) is 41.1 Å². The van der Waals surface area contributed by atoms with Crippen LogP contribution in [0.1, 0.15) is 38.5 Å². The Morgan fingerprint density at radius 1 is 1.50 bits per heavy atom. The first kappa shape index (κ1) is 13.1. The first-order valence-corrected chi connectivity index (χ1v) is 6.24. The summed E-state index contributed by atoms with van der Waals surface area (Å²) in [7, 11) is 0. The molecule has 0 aromatic heterocycles. The van der Waals surface area contributed by atoms with Gasteiger partial charge in [-0.2, -0.15) is 0 Å². The minimum Gasteiger partial charge on any atom is -0.356 e. The van der Waals surface area contributed by atoms with Crippen LogP contribution in [0.3, 0.4) is 0 Å². The number of unbranched alkanes of at least 4 members (excludes halogenated alkanes) is 2. The predicted molar refractivity (Wildman–Crippen MR) is 65.9 cm³/mol. The van der Waals surface area contributed by atoms with Crippen LogP contribution in [-0.2, 0) is 4.79 Å². The summed E-state index contributed by atoms with van der Waals surface area (Å²) in [5.74, 6) is 3.37. The number of carbonyl (C=O) groups is 1. The predicted octanol–water partition coefficient (Wildman–Crippen LogP) is 1.30. The van der Waals surface area contributed by atoms with Crippen molar-refractivity contribution in [3.05, 3.63) is 0 Å². The van der Waals surface area contributed by atoms with Gasteiger partial charge in [0, 0.05) is 19.4 Å². The van der Waals surface area contributed by atoms with Crippen molar-refractivity contribution in [3.8, 4) is 12.3 Å². The van der Waals surface area contributed by atoms with Gasteiger partial charge in [-0.15, -0.1) is 12.3 Å². The first-order valence-electron chi connectivity index (χ1n) is 6.24. The molecule has 1 fully saturated rings. The highest BCUT2D eigenvalue weighted by molar-refractivity contribution is 5.75. The number of carbonyl (C=O) groups excluding carboxylic acids is 1. The van der Waals surface area contributed by atoms with E-state index in [1.807, 2.05) is 0 Å². The van der Waals surface area contributed by atoms with Crippen LogP contribution < -0.4 is 10.6 Å². The smallest absolute Gasteiger partial charge is 0.220 e. The van der Waals surface area contributed by atoms with Gasteiger partial charge in [0.2, 0.25) is 5.91 Å². The molecule has 1 rings (SSSR count). The van der Waals surface area contributed by atoms with Crippen molar-refractivity contribution in [1.29, 1.82) is 0 Å². The highest BCUT2D eigenvalue weighted by Gasteiger charge is 2.13. The molecule has 0 aromatic rings. The molecule has 0 aliphatic carbocycles. The summed E-state index contributed by atoms with van der Waals surface area (Å²) in [6.07, 6.45) is 10.8. The molecule has 0 radical (unpaired) electrons. The van der Waals surface area contributed by atoms with Gasteiger partial charge in [-0.05, 0) is 44.7 Å². The molecule has 1 heterocycles. The molecule has 3 nitrogen and oxygen atoms in total. The van der Waals surface area contributed by atoms with Crippen molar-refractivity contribution in [2.75, 3.05) is 19.6 Å². The Morgan fingerprint density at radius 2 is 2.38 bits per heavy atom. The molecule has 1 saturated heterocycles. The zero-order valence-electron chi connectivity index (χ0n) is 9.93. The second-order valence-corrected chi connectivity index (χ2v) is 4.43. The number of piperidine rings is 1. The van der Waals surface area contributed by atoms with E-state index in [1.165, 1.54) is 12.8 Å². The van der Waals surface area contributed by atoms with E-state index in [1.54, 1.807) is 0 Å². The van der Waals surface area contributed by atoms with Crippen LogP contribution in [0.25, 0.3) is 0 Å². The Kier molecular flexibility index (Phi) is 6.67. The Hall–Kier alpha value is -1.01. The van der Waals surface area contributed by atoms with Crippen molar-refractivity contribution < 1.29 is 4.79 Å². The summed E-state index contributed by atoms with van der Waals surface area (Å²) in [5.41, 5.74) is 0.